The number of ether oxygens (including phenoxy) is 2. The second-order valence-corrected chi connectivity index (χ2v) is 3.85. The summed E-state index contributed by atoms with van der Waals surface area (Å²) in [6.45, 7) is 3.90. The standard InChI is InChI=1S/C12H18N4O2/c1-8(2)18-10-5-4-9(6-11(10)17-3)7-15-16-12(13)14/h4-8H,1-3H3,(H4,13,14,16). The van der Waals surface area contributed by atoms with Gasteiger partial charge in [0, 0.05) is 0 Å². The number of benzene rings is 1. The zero-order valence-electron chi connectivity index (χ0n) is 10.8. The molecule has 0 spiro atoms. The molecule has 0 aromatic heterocycles. The summed E-state index contributed by atoms with van der Waals surface area (Å²) in [6.07, 6.45) is 1.61. The smallest absolute Gasteiger partial charge is 0.211 e. The van der Waals surface area contributed by atoms with Gasteiger partial charge in [-0.1, -0.05) is 0 Å². The van der Waals surface area contributed by atoms with Gasteiger partial charge in [0.1, 0.15) is 0 Å². The second-order valence-electron chi connectivity index (χ2n) is 3.85. The monoisotopic (exact) mass is 250 g/mol. The molecule has 0 aliphatic carbocycles. The van der Waals surface area contributed by atoms with Gasteiger partial charge in [0.05, 0.1) is 19.4 Å². The molecule has 0 amide bonds. The van der Waals surface area contributed by atoms with E-state index in [1.165, 1.54) is 6.21 Å². The Morgan fingerprint density at radius 2 is 2.00 bits per heavy atom. The van der Waals surface area contributed by atoms with Gasteiger partial charge in [-0.3, -0.25) is 0 Å². The van der Waals surface area contributed by atoms with E-state index in [2.05, 4.69) is 10.2 Å². The van der Waals surface area contributed by atoms with Gasteiger partial charge >= 0.3 is 0 Å². The Hall–Kier alpha value is -2.24. The van der Waals surface area contributed by atoms with Crippen LogP contribution < -0.4 is 20.9 Å². The lowest BCUT2D eigenvalue weighted by molar-refractivity contribution is 0.230. The van der Waals surface area contributed by atoms with E-state index >= 15 is 0 Å². The predicted molar refractivity (Wildman–Crippen MR) is 72.2 cm³/mol. The van der Waals surface area contributed by atoms with Crippen LogP contribution in [0.2, 0.25) is 0 Å². The highest BCUT2D eigenvalue weighted by molar-refractivity contribution is 5.82. The summed E-state index contributed by atoms with van der Waals surface area (Å²) >= 11 is 0. The first kappa shape index (κ1) is 13.8. The van der Waals surface area contributed by atoms with Crippen molar-refractivity contribution in [3.05, 3.63) is 23.8 Å². The van der Waals surface area contributed by atoms with Crippen molar-refractivity contribution in [2.75, 3.05) is 7.11 Å². The summed E-state index contributed by atoms with van der Waals surface area (Å²) in [7, 11) is 1.58. The molecular formula is C12H18N4O2. The lowest BCUT2D eigenvalue weighted by Crippen LogP contribution is -2.21. The summed E-state index contributed by atoms with van der Waals surface area (Å²) in [5, 5.41) is 7.24. The first-order valence-corrected chi connectivity index (χ1v) is 5.49. The molecular weight excluding hydrogens is 232 g/mol. The maximum Gasteiger partial charge on any atom is 0.211 e. The first-order chi connectivity index (χ1) is 8.52. The highest BCUT2D eigenvalue weighted by Crippen LogP contribution is 2.28. The number of methoxy groups -OCH3 is 1. The van der Waals surface area contributed by atoms with Gasteiger partial charge in [-0.05, 0) is 37.6 Å². The fourth-order valence-corrected chi connectivity index (χ4v) is 1.28. The SMILES string of the molecule is COc1cc(C=NN=C(N)N)ccc1OC(C)C. The molecule has 0 fully saturated rings. The maximum atomic E-state index is 5.60. The Bertz CT molecular complexity index is 451. The maximum absolute atomic E-state index is 5.60. The van der Waals surface area contributed by atoms with Crippen LogP contribution in [0.25, 0.3) is 0 Å². The Morgan fingerprint density at radius 3 is 2.56 bits per heavy atom. The first-order valence-electron chi connectivity index (χ1n) is 5.49. The van der Waals surface area contributed by atoms with E-state index < -0.39 is 0 Å². The number of hydrogen-bond donors (Lipinski definition) is 2. The van der Waals surface area contributed by atoms with Crippen LogP contribution in [0.4, 0.5) is 0 Å². The lowest BCUT2D eigenvalue weighted by Gasteiger charge is -2.13. The summed E-state index contributed by atoms with van der Waals surface area (Å²) in [6, 6.07) is 5.45. The average Bonchev–Trinajstić information content (AvgIpc) is 2.29. The van der Waals surface area contributed by atoms with E-state index in [0.717, 1.165) is 5.56 Å². The number of nitrogens with two attached hydrogens (primary N) is 2. The van der Waals surface area contributed by atoms with Gasteiger partial charge < -0.3 is 20.9 Å². The molecule has 4 N–H and O–H groups in total. The van der Waals surface area contributed by atoms with Crippen molar-refractivity contribution in [2.45, 2.75) is 20.0 Å². The Labute approximate surface area is 106 Å². The van der Waals surface area contributed by atoms with Crippen molar-refractivity contribution >= 4 is 12.2 Å². The third-order valence-corrected chi connectivity index (χ3v) is 1.93. The third kappa shape index (κ3) is 4.32. The molecule has 0 saturated carbocycles. The number of guanidine groups is 1. The van der Waals surface area contributed by atoms with Crippen molar-refractivity contribution in [2.24, 2.45) is 21.7 Å². The van der Waals surface area contributed by atoms with Gasteiger partial charge in [-0.25, -0.2) is 0 Å². The second kappa shape index (κ2) is 6.48. The Balaban J connectivity index is 2.91. The van der Waals surface area contributed by atoms with Crippen LogP contribution in [0.15, 0.2) is 28.4 Å². The molecule has 1 aromatic rings. The minimum atomic E-state index is -0.0852. The molecule has 0 bridgehead atoms. The van der Waals surface area contributed by atoms with Crippen molar-refractivity contribution in [3.63, 3.8) is 0 Å². The average molecular weight is 250 g/mol. The molecule has 1 rings (SSSR count). The molecule has 1 aromatic carbocycles. The van der Waals surface area contributed by atoms with Crippen molar-refractivity contribution in [1.29, 1.82) is 0 Å². The van der Waals surface area contributed by atoms with Crippen LogP contribution in [0.1, 0.15) is 19.4 Å². The number of rotatable bonds is 5. The summed E-state index contributed by atoms with van der Waals surface area (Å²) < 4.78 is 10.8. The van der Waals surface area contributed by atoms with Crippen LogP contribution in [-0.4, -0.2) is 25.4 Å². The van der Waals surface area contributed by atoms with E-state index in [-0.39, 0.29) is 12.1 Å². The molecule has 0 heterocycles. The van der Waals surface area contributed by atoms with Crippen LogP contribution >= 0.6 is 0 Å². The van der Waals surface area contributed by atoms with E-state index in [0.29, 0.717) is 11.5 Å². The molecule has 0 saturated heterocycles. The molecule has 0 aliphatic rings. The van der Waals surface area contributed by atoms with Crippen LogP contribution in [0, 0.1) is 0 Å². The fraction of sp³-hybridized carbons (Fsp3) is 0.333. The fourth-order valence-electron chi connectivity index (χ4n) is 1.28. The molecule has 6 nitrogen and oxygen atoms in total. The van der Waals surface area contributed by atoms with Crippen LogP contribution in [0.3, 0.4) is 0 Å². The summed E-state index contributed by atoms with van der Waals surface area (Å²) in [4.78, 5) is 0. The quantitative estimate of drug-likeness (QED) is 0.464. The summed E-state index contributed by atoms with van der Waals surface area (Å²) in [5.41, 5.74) is 11.1. The molecule has 6 heteroatoms. The largest absolute Gasteiger partial charge is 0.493 e. The van der Waals surface area contributed by atoms with Gasteiger partial charge in [-0.15, -0.1) is 5.10 Å². The molecule has 0 unspecified atom stereocenters. The van der Waals surface area contributed by atoms with Crippen molar-refractivity contribution in [3.8, 4) is 11.5 Å². The van der Waals surface area contributed by atoms with Gasteiger partial charge in [-0.2, -0.15) is 5.10 Å². The van der Waals surface area contributed by atoms with E-state index in [9.17, 15) is 0 Å². The van der Waals surface area contributed by atoms with Crippen LogP contribution in [-0.2, 0) is 0 Å². The Kier molecular flexibility index (Phi) is 4.98. The molecule has 98 valence electrons. The van der Waals surface area contributed by atoms with Crippen molar-refractivity contribution in [1.82, 2.24) is 0 Å². The van der Waals surface area contributed by atoms with Gasteiger partial charge in [0.2, 0.25) is 5.96 Å². The minimum absolute atomic E-state index is 0.0834. The van der Waals surface area contributed by atoms with E-state index in [1.807, 2.05) is 26.0 Å². The van der Waals surface area contributed by atoms with E-state index in [1.54, 1.807) is 13.2 Å². The number of nitrogens with zero attached hydrogens (tertiary/aromatic N) is 2. The van der Waals surface area contributed by atoms with Gasteiger partial charge in [0.25, 0.3) is 0 Å². The zero-order valence-corrected chi connectivity index (χ0v) is 10.8. The molecule has 0 radical (unpaired) electrons. The van der Waals surface area contributed by atoms with Crippen LogP contribution in [0.5, 0.6) is 11.5 Å². The number of hydrogen-bond acceptors (Lipinski definition) is 4. The van der Waals surface area contributed by atoms with E-state index in [4.69, 9.17) is 20.9 Å². The highest BCUT2D eigenvalue weighted by atomic mass is 16.5. The lowest BCUT2D eigenvalue weighted by atomic mass is 10.2. The zero-order chi connectivity index (χ0) is 13.5. The van der Waals surface area contributed by atoms with Gasteiger partial charge in [0.15, 0.2) is 11.5 Å². The predicted octanol–water partition coefficient (Wildman–Crippen LogP) is 1.09. The highest BCUT2D eigenvalue weighted by Gasteiger charge is 2.06. The molecule has 18 heavy (non-hydrogen) atoms. The minimum Gasteiger partial charge on any atom is -0.493 e. The summed E-state index contributed by atoms with van der Waals surface area (Å²) in [5.74, 6) is 1.24. The molecule has 0 atom stereocenters. The normalized spacial score (nSPS) is 10.7. The topological polar surface area (TPSA) is 95.2 Å². The van der Waals surface area contributed by atoms with Crippen molar-refractivity contribution < 1.29 is 9.47 Å². The molecule has 0 aliphatic heterocycles. The Morgan fingerprint density at radius 1 is 1.28 bits per heavy atom. The third-order valence-electron chi connectivity index (χ3n) is 1.93.